The van der Waals surface area contributed by atoms with E-state index in [1.165, 1.54) is 51.4 Å². The van der Waals surface area contributed by atoms with Crippen LogP contribution in [0.25, 0.3) is 0 Å². The minimum absolute atomic E-state index is 1.04. The van der Waals surface area contributed by atoms with Crippen LogP contribution >= 0.6 is 0 Å². The Bertz CT molecular complexity index is 188. The fourth-order valence-electron chi connectivity index (χ4n) is 3.03. The van der Waals surface area contributed by atoms with Crippen molar-refractivity contribution >= 4 is 0 Å². The predicted molar refractivity (Wildman–Crippen MR) is 62.2 cm³/mol. The lowest BCUT2D eigenvalue weighted by molar-refractivity contribution is 0.253. The van der Waals surface area contributed by atoms with E-state index < -0.39 is 0 Å². The van der Waals surface area contributed by atoms with Crippen LogP contribution in [-0.4, -0.2) is 0 Å². The van der Waals surface area contributed by atoms with Gasteiger partial charge in [-0.1, -0.05) is 31.9 Å². The fourth-order valence-corrected chi connectivity index (χ4v) is 3.03. The summed E-state index contributed by atoms with van der Waals surface area (Å²) in [5.41, 5.74) is 0. The molecule has 2 atom stereocenters. The summed E-state index contributed by atoms with van der Waals surface area (Å²) in [6.45, 7) is 2.32. The van der Waals surface area contributed by atoms with Gasteiger partial charge in [-0.25, -0.2) is 0 Å². The lowest BCUT2D eigenvalue weighted by Crippen LogP contribution is -2.18. The second-order valence-electron chi connectivity index (χ2n) is 5.19. The molecule has 0 spiro atoms. The average molecular weight is 192 g/mol. The zero-order valence-electron chi connectivity index (χ0n) is 9.54. The number of hydrogen-bond donors (Lipinski definition) is 0. The van der Waals surface area contributed by atoms with Gasteiger partial charge in [0.15, 0.2) is 0 Å². The van der Waals surface area contributed by atoms with Gasteiger partial charge in [0.2, 0.25) is 0 Å². The van der Waals surface area contributed by atoms with Gasteiger partial charge in [-0.2, -0.15) is 0 Å². The topological polar surface area (TPSA) is 0 Å². The van der Waals surface area contributed by atoms with Gasteiger partial charge in [0.05, 0.1) is 0 Å². The maximum atomic E-state index is 2.43. The standard InChI is InChI=1S/C14H24/c1-2-3-9-14(13-10-11-13)12-7-5-4-6-8-12/h4-5,12-14H,2-3,6-11H2,1H3. The van der Waals surface area contributed by atoms with Crippen LogP contribution in [-0.2, 0) is 0 Å². The molecule has 80 valence electrons. The third kappa shape index (κ3) is 2.62. The van der Waals surface area contributed by atoms with Gasteiger partial charge < -0.3 is 0 Å². The van der Waals surface area contributed by atoms with Gasteiger partial charge in [0.25, 0.3) is 0 Å². The summed E-state index contributed by atoms with van der Waals surface area (Å²) in [7, 11) is 0. The third-order valence-electron chi connectivity index (χ3n) is 4.03. The summed E-state index contributed by atoms with van der Waals surface area (Å²) in [5.74, 6) is 3.25. The van der Waals surface area contributed by atoms with E-state index in [0.717, 1.165) is 17.8 Å². The van der Waals surface area contributed by atoms with E-state index in [-0.39, 0.29) is 0 Å². The quantitative estimate of drug-likeness (QED) is 0.560. The van der Waals surface area contributed by atoms with Crippen molar-refractivity contribution < 1.29 is 0 Å². The Morgan fingerprint density at radius 2 is 2.00 bits per heavy atom. The van der Waals surface area contributed by atoms with E-state index in [0.29, 0.717) is 0 Å². The molecule has 0 amide bonds. The molecule has 0 aliphatic heterocycles. The second kappa shape index (κ2) is 5.00. The van der Waals surface area contributed by atoms with Crippen LogP contribution in [0.1, 0.15) is 58.3 Å². The number of hydrogen-bond acceptors (Lipinski definition) is 0. The first-order valence-electron chi connectivity index (χ1n) is 6.56. The van der Waals surface area contributed by atoms with E-state index in [1.807, 2.05) is 0 Å². The highest BCUT2D eigenvalue weighted by atomic mass is 14.4. The Morgan fingerprint density at radius 3 is 2.57 bits per heavy atom. The van der Waals surface area contributed by atoms with Gasteiger partial charge in [-0.05, 0) is 56.3 Å². The summed E-state index contributed by atoms with van der Waals surface area (Å²) in [6.07, 6.45) is 16.4. The molecule has 0 aromatic rings. The van der Waals surface area contributed by atoms with Crippen LogP contribution < -0.4 is 0 Å². The summed E-state index contributed by atoms with van der Waals surface area (Å²) >= 11 is 0. The first-order chi connectivity index (χ1) is 6.92. The Morgan fingerprint density at radius 1 is 1.14 bits per heavy atom. The van der Waals surface area contributed by atoms with E-state index in [1.54, 1.807) is 0 Å². The Labute approximate surface area is 88.8 Å². The van der Waals surface area contributed by atoms with Crippen molar-refractivity contribution in [3.8, 4) is 0 Å². The number of unbranched alkanes of at least 4 members (excludes halogenated alkanes) is 1. The molecular formula is C14H24. The molecule has 0 saturated heterocycles. The highest BCUT2D eigenvalue weighted by Crippen LogP contribution is 2.46. The molecule has 2 aliphatic rings. The minimum atomic E-state index is 1.04. The van der Waals surface area contributed by atoms with Gasteiger partial charge in [-0.15, -0.1) is 0 Å². The molecule has 1 fully saturated rings. The van der Waals surface area contributed by atoms with Gasteiger partial charge in [-0.3, -0.25) is 0 Å². The van der Waals surface area contributed by atoms with E-state index in [2.05, 4.69) is 19.1 Å². The lowest BCUT2D eigenvalue weighted by Gasteiger charge is -2.28. The average Bonchev–Trinajstić information content (AvgIpc) is 3.04. The molecule has 2 rings (SSSR count). The predicted octanol–water partition coefficient (Wildman–Crippen LogP) is 4.56. The van der Waals surface area contributed by atoms with Gasteiger partial charge >= 0.3 is 0 Å². The molecule has 0 aromatic heterocycles. The van der Waals surface area contributed by atoms with Crippen molar-refractivity contribution in [2.24, 2.45) is 17.8 Å². The van der Waals surface area contributed by atoms with E-state index in [4.69, 9.17) is 0 Å². The Hall–Kier alpha value is -0.260. The van der Waals surface area contributed by atoms with E-state index >= 15 is 0 Å². The molecule has 2 aliphatic carbocycles. The maximum Gasteiger partial charge on any atom is -0.0319 e. The molecule has 0 aromatic carbocycles. The zero-order chi connectivity index (χ0) is 9.80. The van der Waals surface area contributed by atoms with Gasteiger partial charge in [0, 0.05) is 0 Å². The Balaban J connectivity index is 1.85. The molecule has 0 nitrogen and oxygen atoms in total. The van der Waals surface area contributed by atoms with Crippen LogP contribution in [0.15, 0.2) is 12.2 Å². The fraction of sp³-hybridized carbons (Fsp3) is 0.857. The molecule has 14 heavy (non-hydrogen) atoms. The van der Waals surface area contributed by atoms with Crippen LogP contribution in [0.3, 0.4) is 0 Å². The summed E-state index contributed by atoms with van der Waals surface area (Å²) in [4.78, 5) is 0. The number of rotatable bonds is 5. The minimum Gasteiger partial charge on any atom is -0.0885 e. The number of allylic oxidation sites excluding steroid dienone is 2. The Kier molecular flexibility index (Phi) is 3.67. The third-order valence-corrected chi connectivity index (χ3v) is 4.03. The molecule has 2 unspecified atom stereocenters. The smallest absolute Gasteiger partial charge is 0.0319 e. The molecule has 0 radical (unpaired) electrons. The van der Waals surface area contributed by atoms with Crippen molar-refractivity contribution in [1.82, 2.24) is 0 Å². The second-order valence-corrected chi connectivity index (χ2v) is 5.19. The monoisotopic (exact) mass is 192 g/mol. The van der Waals surface area contributed by atoms with Crippen molar-refractivity contribution in [3.05, 3.63) is 12.2 Å². The first-order valence-corrected chi connectivity index (χ1v) is 6.56. The maximum absolute atomic E-state index is 2.43. The van der Waals surface area contributed by atoms with Crippen molar-refractivity contribution in [3.63, 3.8) is 0 Å². The normalized spacial score (nSPS) is 29.1. The van der Waals surface area contributed by atoms with E-state index in [9.17, 15) is 0 Å². The molecule has 0 bridgehead atoms. The first kappa shape index (κ1) is 10.3. The van der Waals surface area contributed by atoms with Crippen LogP contribution in [0.4, 0.5) is 0 Å². The van der Waals surface area contributed by atoms with Gasteiger partial charge in [0.1, 0.15) is 0 Å². The molecular weight excluding hydrogens is 168 g/mol. The highest BCUT2D eigenvalue weighted by Gasteiger charge is 2.35. The molecule has 1 saturated carbocycles. The van der Waals surface area contributed by atoms with Crippen LogP contribution in [0.2, 0.25) is 0 Å². The summed E-state index contributed by atoms with van der Waals surface area (Å²) in [6, 6.07) is 0. The van der Waals surface area contributed by atoms with Crippen molar-refractivity contribution in [2.45, 2.75) is 58.3 Å². The van der Waals surface area contributed by atoms with Crippen molar-refractivity contribution in [1.29, 1.82) is 0 Å². The summed E-state index contributed by atoms with van der Waals surface area (Å²) in [5, 5.41) is 0. The van der Waals surface area contributed by atoms with Crippen LogP contribution in [0.5, 0.6) is 0 Å². The highest BCUT2D eigenvalue weighted by molar-refractivity contribution is 4.95. The largest absolute Gasteiger partial charge is 0.0885 e. The van der Waals surface area contributed by atoms with Crippen LogP contribution in [0, 0.1) is 17.8 Å². The molecule has 0 heterocycles. The summed E-state index contributed by atoms with van der Waals surface area (Å²) < 4.78 is 0. The van der Waals surface area contributed by atoms with Crippen molar-refractivity contribution in [2.75, 3.05) is 0 Å². The SMILES string of the molecule is CCCCC(C1CC=CCC1)C1CC1. The zero-order valence-corrected chi connectivity index (χ0v) is 9.54. The molecule has 0 N–H and O–H groups in total. The lowest BCUT2D eigenvalue weighted by atomic mass is 9.78. The molecule has 0 heteroatoms.